The Hall–Kier alpha value is -3.60. The lowest BCUT2D eigenvalue weighted by Gasteiger charge is -2.13. The molecule has 3 aromatic rings. The maximum Gasteiger partial charge on any atom is 0.255 e. The highest BCUT2D eigenvalue weighted by molar-refractivity contribution is 6.04. The van der Waals surface area contributed by atoms with Gasteiger partial charge in [0.25, 0.3) is 5.91 Å². The van der Waals surface area contributed by atoms with Crippen molar-refractivity contribution < 1.29 is 9.59 Å². The number of rotatable bonds is 7. The van der Waals surface area contributed by atoms with Crippen LogP contribution in [-0.2, 0) is 11.3 Å². The van der Waals surface area contributed by atoms with E-state index in [-0.39, 0.29) is 18.4 Å². The Balaban J connectivity index is 1.56. The van der Waals surface area contributed by atoms with E-state index < -0.39 is 0 Å². The normalized spacial score (nSPS) is 10.3. The Kier molecular flexibility index (Phi) is 6.63. The molecular formula is C24H25N3O2. The molecule has 0 unspecified atom stereocenters. The quantitative estimate of drug-likeness (QED) is 0.567. The number of hydrogen-bond donors (Lipinski definition) is 3. The van der Waals surface area contributed by atoms with Crippen molar-refractivity contribution >= 4 is 23.2 Å². The highest BCUT2D eigenvalue weighted by Crippen LogP contribution is 2.20. The van der Waals surface area contributed by atoms with E-state index in [4.69, 9.17) is 0 Å². The predicted octanol–water partition coefficient (Wildman–Crippen LogP) is 4.28. The van der Waals surface area contributed by atoms with Crippen LogP contribution in [0, 0.1) is 13.8 Å². The van der Waals surface area contributed by atoms with Gasteiger partial charge in [0.05, 0.1) is 6.54 Å². The second-order valence-electron chi connectivity index (χ2n) is 6.91. The molecule has 0 fully saturated rings. The summed E-state index contributed by atoms with van der Waals surface area (Å²) in [5.41, 5.74) is 5.32. The molecule has 3 aromatic carbocycles. The lowest BCUT2D eigenvalue weighted by molar-refractivity contribution is -0.119. The van der Waals surface area contributed by atoms with E-state index in [0.29, 0.717) is 17.8 Å². The molecule has 148 valence electrons. The summed E-state index contributed by atoms with van der Waals surface area (Å²) < 4.78 is 0. The van der Waals surface area contributed by atoms with Gasteiger partial charge in [-0.15, -0.1) is 0 Å². The predicted molar refractivity (Wildman–Crippen MR) is 117 cm³/mol. The second-order valence-corrected chi connectivity index (χ2v) is 6.91. The first-order valence-electron chi connectivity index (χ1n) is 9.55. The maximum atomic E-state index is 12.3. The van der Waals surface area contributed by atoms with Gasteiger partial charge in [-0.3, -0.25) is 9.59 Å². The van der Waals surface area contributed by atoms with Gasteiger partial charge < -0.3 is 16.0 Å². The zero-order chi connectivity index (χ0) is 20.6. The fourth-order valence-electron chi connectivity index (χ4n) is 2.92. The largest absolute Gasteiger partial charge is 0.376 e. The molecule has 29 heavy (non-hydrogen) atoms. The van der Waals surface area contributed by atoms with Crippen LogP contribution in [0.15, 0.2) is 72.8 Å². The molecule has 0 bridgehead atoms. The van der Waals surface area contributed by atoms with Crippen LogP contribution in [0.1, 0.15) is 27.0 Å². The number of carbonyl (C=O) groups is 2. The minimum Gasteiger partial charge on any atom is -0.376 e. The third-order valence-electron chi connectivity index (χ3n) is 4.71. The van der Waals surface area contributed by atoms with Crippen LogP contribution < -0.4 is 16.0 Å². The molecule has 0 heterocycles. The Morgan fingerprint density at radius 2 is 1.55 bits per heavy atom. The number of nitrogens with one attached hydrogen (secondary N) is 3. The van der Waals surface area contributed by atoms with Crippen LogP contribution in [0.25, 0.3) is 0 Å². The molecule has 0 aliphatic carbocycles. The topological polar surface area (TPSA) is 70.2 Å². The molecule has 3 rings (SSSR count). The van der Waals surface area contributed by atoms with Crippen molar-refractivity contribution in [1.29, 1.82) is 0 Å². The zero-order valence-corrected chi connectivity index (χ0v) is 16.7. The van der Waals surface area contributed by atoms with Gasteiger partial charge in [-0.1, -0.05) is 48.5 Å². The van der Waals surface area contributed by atoms with Crippen LogP contribution in [0.3, 0.4) is 0 Å². The van der Waals surface area contributed by atoms with Gasteiger partial charge in [0.1, 0.15) is 0 Å². The van der Waals surface area contributed by atoms with E-state index in [9.17, 15) is 9.59 Å². The summed E-state index contributed by atoms with van der Waals surface area (Å²) in [4.78, 5) is 24.5. The van der Waals surface area contributed by atoms with Crippen LogP contribution in [0.4, 0.5) is 11.4 Å². The monoisotopic (exact) mass is 387 g/mol. The van der Waals surface area contributed by atoms with E-state index in [1.807, 2.05) is 74.5 Å². The minimum absolute atomic E-state index is 0.0913. The first-order chi connectivity index (χ1) is 14.0. The Morgan fingerprint density at radius 3 is 2.31 bits per heavy atom. The first kappa shape index (κ1) is 20.1. The van der Waals surface area contributed by atoms with Gasteiger partial charge in [0, 0.05) is 23.5 Å². The van der Waals surface area contributed by atoms with Crippen molar-refractivity contribution in [2.24, 2.45) is 0 Å². The standard InChI is InChI=1S/C24H25N3O2/c1-17-8-6-7-11-20(17)15-26-23(28)16-25-22-14-21(13-12-18(22)2)27-24(29)19-9-4-3-5-10-19/h3-14,25H,15-16H2,1-2H3,(H,26,28)(H,27,29). The van der Waals surface area contributed by atoms with Crippen molar-refractivity contribution in [1.82, 2.24) is 5.32 Å². The van der Waals surface area contributed by atoms with Crippen molar-refractivity contribution in [2.75, 3.05) is 17.2 Å². The van der Waals surface area contributed by atoms with Gasteiger partial charge in [-0.25, -0.2) is 0 Å². The van der Waals surface area contributed by atoms with Crippen LogP contribution in [0.2, 0.25) is 0 Å². The number of amides is 2. The molecule has 3 N–H and O–H groups in total. The third kappa shape index (κ3) is 5.69. The fraction of sp³-hybridized carbons (Fsp3) is 0.167. The maximum absolute atomic E-state index is 12.3. The molecule has 5 heteroatoms. The number of aryl methyl sites for hydroxylation is 2. The summed E-state index contributed by atoms with van der Waals surface area (Å²) in [5.74, 6) is -0.261. The van der Waals surface area contributed by atoms with E-state index >= 15 is 0 Å². The smallest absolute Gasteiger partial charge is 0.255 e. The van der Waals surface area contributed by atoms with Crippen molar-refractivity contribution in [3.63, 3.8) is 0 Å². The number of benzene rings is 3. The summed E-state index contributed by atoms with van der Waals surface area (Å²) in [6.07, 6.45) is 0. The molecule has 0 aromatic heterocycles. The molecular weight excluding hydrogens is 362 g/mol. The molecule has 0 radical (unpaired) electrons. The zero-order valence-electron chi connectivity index (χ0n) is 16.7. The average Bonchev–Trinajstić information content (AvgIpc) is 2.74. The molecule has 0 saturated heterocycles. The highest BCUT2D eigenvalue weighted by atomic mass is 16.2. The lowest BCUT2D eigenvalue weighted by Crippen LogP contribution is -2.29. The number of anilines is 2. The van der Waals surface area contributed by atoms with E-state index in [2.05, 4.69) is 16.0 Å². The van der Waals surface area contributed by atoms with E-state index in [1.165, 1.54) is 0 Å². The van der Waals surface area contributed by atoms with Crippen molar-refractivity contribution in [3.8, 4) is 0 Å². The number of carbonyl (C=O) groups excluding carboxylic acids is 2. The first-order valence-corrected chi connectivity index (χ1v) is 9.55. The van der Waals surface area contributed by atoms with E-state index in [0.717, 1.165) is 22.4 Å². The molecule has 0 atom stereocenters. The molecule has 0 saturated carbocycles. The fourth-order valence-corrected chi connectivity index (χ4v) is 2.92. The van der Waals surface area contributed by atoms with Crippen molar-refractivity contribution in [3.05, 3.63) is 95.1 Å². The van der Waals surface area contributed by atoms with Gasteiger partial charge in [0.15, 0.2) is 0 Å². The Bertz CT molecular complexity index is 1000. The van der Waals surface area contributed by atoms with Gasteiger partial charge in [-0.2, -0.15) is 0 Å². The Morgan fingerprint density at radius 1 is 0.828 bits per heavy atom. The SMILES string of the molecule is Cc1ccccc1CNC(=O)CNc1cc(NC(=O)c2ccccc2)ccc1C. The van der Waals surface area contributed by atoms with Crippen molar-refractivity contribution in [2.45, 2.75) is 20.4 Å². The summed E-state index contributed by atoms with van der Waals surface area (Å²) in [6.45, 7) is 4.64. The summed E-state index contributed by atoms with van der Waals surface area (Å²) in [6, 6.07) is 22.6. The molecule has 2 amide bonds. The van der Waals surface area contributed by atoms with Gasteiger partial charge >= 0.3 is 0 Å². The van der Waals surface area contributed by atoms with Gasteiger partial charge in [0.2, 0.25) is 5.91 Å². The molecule has 0 aliphatic rings. The molecule has 5 nitrogen and oxygen atoms in total. The van der Waals surface area contributed by atoms with Crippen LogP contribution in [-0.4, -0.2) is 18.4 Å². The third-order valence-corrected chi connectivity index (χ3v) is 4.71. The average molecular weight is 387 g/mol. The molecule has 0 aliphatic heterocycles. The molecule has 0 spiro atoms. The summed E-state index contributed by atoms with van der Waals surface area (Å²) in [7, 11) is 0. The van der Waals surface area contributed by atoms with E-state index in [1.54, 1.807) is 12.1 Å². The van der Waals surface area contributed by atoms with Crippen LogP contribution in [0.5, 0.6) is 0 Å². The van der Waals surface area contributed by atoms with Crippen LogP contribution >= 0.6 is 0 Å². The van der Waals surface area contributed by atoms with Gasteiger partial charge in [-0.05, 0) is 54.8 Å². The minimum atomic E-state index is -0.170. The summed E-state index contributed by atoms with van der Waals surface area (Å²) >= 11 is 0. The second kappa shape index (κ2) is 9.55. The summed E-state index contributed by atoms with van der Waals surface area (Å²) in [5, 5.41) is 8.97. The Labute approximate surface area is 171 Å². The highest BCUT2D eigenvalue weighted by Gasteiger charge is 2.08. The lowest BCUT2D eigenvalue weighted by atomic mass is 10.1. The number of hydrogen-bond acceptors (Lipinski definition) is 3.